The number of hydrogen-bond donors (Lipinski definition) is 3. The Kier molecular flexibility index (Phi) is 5.94. The molecule has 0 fully saturated rings. The van der Waals surface area contributed by atoms with Crippen LogP contribution in [-0.2, 0) is 0 Å². The van der Waals surface area contributed by atoms with Gasteiger partial charge in [-0.1, -0.05) is 44.0 Å². The minimum absolute atomic E-state index is 0.117. The molecular weight excluding hydrogens is 496 g/mol. The van der Waals surface area contributed by atoms with E-state index in [1.165, 1.54) is 0 Å². The number of nitrogens with one attached hydrogen (secondary N) is 2. The molecular formula is C23H20Br2N2O2. The highest BCUT2D eigenvalue weighted by Crippen LogP contribution is 2.35. The van der Waals surface area contributed by atoms with Crippen LogP contribution in [0.4, 0.5) is 0 Å². The molecule has 1 aliphatic rings. The van der Waals surface area contributed by atoms with Crippen LogP contribution in [0.5, 0.6) is 11.5 Å². The van der Waals surface area contributed by atoms with Crippen LogP contribution < -0.4 is 15.4 Å². The number of phenols is 1. The van der Waals surface area contributed by atoms with E-state index in [2.05, 4.69) is 60.7 Å². The maximum atomic E-state index is 10.5. The van der Waals surface area contributed by atoms with Gasteiger partial charge in [0.2, 0.25) is 0 Å². The summed E-state index contributed by atoms with van der Waals surface area (Å²) in [5.74, 6) is 1.07. The Morgan fingerprint density at radius 2 is 1.59 bits per heavy atom. The van der Waals surface area contributed by atoms with Crippen molar-refractivity contribution in [1.82, 2.24) is 10.6 Å². The molecule has 6 heteroatoms. The van der Waals surface area contributed by atoms with E-state index in [4.69, 9.17) is 4.74 Å². The summed E-state index contributed by atoms with van der Waals surface area (Å²) in [4.78, 5) is 0. The molecule has 0 aliphatic carbocycles. The number of aromatic hydroxyl groups is 1. The number of phenolic OH excluding ortho intramolecular Hbond substituents is 1. The first kappa shape index (κ1) is 20.0. The van der Waals surface area contributed by atoms with E-state index in [9.17, 15) is 5.11 Å². The van der Waals surface area contributed by atoms with Gasteiger partial charge >= 0.3 is 0 Å². The lowest BCUT2D eigenvalue weighted by Crippen LogP contribution is -2.39. The molecule has 1 heterocycles. The summed E-state index contributed by atoms with van der Waals surface area (Å²) in [7, 11) is 1.66. The zero-order valence-electron chi connectivity index (χ0n) is 15.7. The minimum atomic E-state index is -0.167. The summed E-state index contributed by atoms with van der Waals surface area (Å²) in [5.41, 5.74) is 3.96. The van der Waals surface area contributed by atoms with Gasteiger partial charge in [0.25, 0.3) is 0 Å². The standard InChI is InChI=1S/C23H20Br2N2O2/c1-29-18-9-4-14(5-10-18)20-13-21(19-12-17(25)8-11-22(19)28)27-23(26-20)15-2-6-16(24)7-3-15/h2-13,21,23,26-28H,1H3. The Morgan fingerprint density at radius 3 is 2.28 bits per heavy atom. The maximum absolute atomic E-state index is 10.5. The van der Waals surface area contributed by atoms with E-state index >= 15 is 0 Å². The lowest BCUT2D eigenvalue weighted by atomic mass is 9.98. The third kappa shape index (κ3) is 4.50. The van der Waals surface area contributed by atoms with Crippen molar-refractivity contribution < 1.29 is 9.84 Å². The number of halogens is 2. The normalized spacial score (nSPS) is 18.7. The Bertz CT molecular complexity index is 1030. The highest BCUT2D eigenvalue weighted by molar-refractivity contribution is 9.10. The van der Waals surface area contributed by atoms with Gasteiger partial charge in [-0.05, 0) is 71.8 Å². The van der Waals surface area contributed by atoms with Crippen molar-refractivity contribution >= 4 is 37.6 Å². The van der Waals surface area contributed by atoms with Crippen LogP contribution in [0.3, 0.4) is 0 Å². The summed E-state index contributed by atoms with van der Waals surface area (Å²) < 4.78 is 7.24. The van der Waals surface area contributed by atoms with Gasteiger partial charge in [0.1, 0.15) is 17.7 Å². The predicted molar refractivity (Wildman–Crippen MR) is 123 cm³/mol. The fraction of sp³-hybridized carbons (Fsp3) is 0.130. The van der Waals surface area contributed by atoms with Gasteiger partial charge < -0.3 is 15.2 Å². The lowest BCUT2D eigenvalue weighted by molar-refractivity contribution is 0.414. The largest absolute Gasteiger partial charge is 0.508 e. The molecule has 0 aromatic heterocycles. The molecule has 0 amide bonds. The molecule has 0 spiro atoms. The number of rotatable bonds is 4. The first-order valence-corrected chi connectivity index (χ1v) is 10.7. The molecule has 0 radical (unpaired) electrons. The van der Waals surface area contributed by atoms with Crippen LogP contribution >= 0.6 is 31.9 Å². The van der Waals surface area contributed by atoms with Crippen LogP contribution in [0.2, 0.25) is 0 Å². The van der Waals surface area contributed by atoms with Crippen molar-refractivity contribution in [3.63, 3.8) is 0 Å². The van der Waals surface area contributed by atoms with E-state index in [-0.39, 0.29) is 18.0 Å². The van der Waals surface area contributed by atoms with Crippen molar-refractivity contribution in [2.24, 2.45) is 0 Å². The Labute approximate surface area is 186 Å². The van der Waals surface area contributed by atoms with Crippen molar-refractivity contribution in [1.29, 1.82) is 0 Å². The smallest absolute Gasteiger partial charge is 0.120 e. The van der Waals surface area contributed by atoms with Gasteiger partial charge in [-0.15, -0.1) is 0 Å². The molecule has 4 nitrogen and oxygen atoms in total. The number of hydrogen-bond acceptors (Lipinski definition) is 4. The maximum Gasteiger partial charge on any atom is 0.120 e. The van der Waals surface area contributed by atoms with Gasteiger partial charge in [-0.3, -0.25) is 5.32 Å². The third-order valence-electron chi connectivity index (χ3n) is 4.91. The van der Waals surface area contributed by atoms with Crippen LogP contribution in [0.1, 0.15) is 28.9 Å². The topological polar surface area (TPSA) is 53.5 Å². The van der Waals surface area contributed by atoms with Gasteiger partial charge in [0, 0.05) is 20.2 Å². The molecule has 29 heavy (non-hydrogen) atoms. The highest BCUT2D eigenvalue weighted by Gasteiger charge is 2.25. The molecule has 0 saturated carbocycles. The zero-order valence-corrected chi connectivity index (χ0v) is 18.9. The average molecular weight is 516 g/mol. The molecule has 0 bridgehead atoms. The second-order valence-electron chi connectivity index (χ2n) is 6.79. The van der Waals surface area contributed by atoms with E-state index in [1.54, 1.807) is 13.2 Å². The average Bonchev–Trinajstić information content (AvgIpc) is 2.75. The van der Waals surface area contributed by atoms with Crippen molar-refractivity contribution in [3.05, 3.63) is 98.4 Å². The van der Waals surface area contributed by atoms with E-state index in [0.29, 0.717) is 0 Å². The van der Waals surface area contributed by atoms with Crippen molar-refractivity contribution in [2.75, 3.05) is 7.11 Å². The second kappa shape index (κ2) is 8.61. The summed E-state index contributed by atoms with van der Waals surface area (Å²) in [5, 5.41) is 17.6. The lowest BCUT2D eigenvalue weighted by Gasteiger charge is -2.33. The summed E-state index contributed by atoms with van der Waals surface area (Å²) in [6, 6.07) is 21.5. The van der Waals surface area contributed by atoms with Crippen LogP contribution in [-0.4, -0.2) is 12.2 Å². The Balaban J connectivity index is 1.75. The molecule has 4 rings (SSSR count). The van der Waals surface area contributed by atoms with Gasteiger partial charge in [-0.25, -0.2) is 0 Å². The summed E-state index contributed by atoms with van der Waals surface area (Å²) in [6.07, 6.45) is 1.98. The van der Waals surface area contributed by atoms with Gasteiger partial charge in [0.05, 0.1) is 13.2 Å². The monoisotopic (exact) mass is 514 g/mol. The number of methoxy groups -OCH3 is 1. The molecule has 1 aliphatic heterocycles. The third-order valence-corrected chi connectivity index (χ3v) is 5.93. The summed E-state index contributed by atoms with van der Waals surface area (Å²) in [6.45, 7) is 0. The van der Waals surface area contributed by atoms with E-state index in [0.717, 1.165) is 37.1 Å². The van der Waals surface area contributed by atoms with Crippen LogP contribution in [0.25, 0.3) is 5.70 Å². The number of ether oxygens (including phenoxy) is 1. The van der Waals surface area contributed by atoms with E-state index < -0.39 is 0 Å². The fourth-order valence-corrected chi connectivity index (χ4v) is 4.02. The highest BCUT2D eigenvalue weighted by atomic mass is 79.9. The second-order valence-corrected chi connectivity index (χ2v) is 8.62. The van der Waals surface area contributed by atoms with E-state index in [1.807, 2.05) is 48.5 Å². The molecule has 3 N–H and O–H groups in total. The SMILES string of the molecule is COc1ccc(C2=CC(c3cc(Br)ccc3O)NC(c3ccc(Br)cc3)N2)cc1. The predicted octanol–water partition coefficient (Wildman–Crippen LogP) is 5.90. The first-order valence-electron chi connectivity index (χ1n) is 9.16. The molecule has 2 atom stereocenters. The number of benzene rings is 3. The minimum Gasteiger partial charge on any atom is -0.508 e. The molecule has 3 aromatic rings. The molecule has 2 unspecified atom stereocenters. The molecule has 3 aromatic carbocycles. The van der Waals surface area contributed by atoms with Crippen molar-refractivity contribution in [3.8, 4) is 11.5 Å². The fourth-order valence-electron chi connectivity index (χ4n) is 3.38. The van der Waals surface area contributed by atoms with Gasteiger partial charge in [-0.2, -0.15) is 0 Å². The molecule has 148 valence electrons. The quantitative estimate of drug-likeness (QED) is 0.405. The van der Waals surface area contributed by atoms with Crippen LogP contribution in [0, 0.1) is 0 Å². The van der Waals surface area contributed by atoms with Gasteiger partial charge in [0.15, 0.2) is 0 Å². The Morgan fingerprint density at radius 1 is 0.897 bits per heavy atom. The van der Waals surface area contributed by atoms with Crippen LogP contribution in [0.15, 0.2) is 81.8 Å². The molecule has 0 saturated heterocycles. The summed E-state index contributed by atoms with van der Waals surface area (Å²) >= 11 is 7.01. The Hall–Kier alpha value is -2.28. The zero-order chi connectivity index (χ0) is 20.4. The van der Waals surface area contributed by atoms with Crippen molar-refractivity contribution in [2.45, 2.75) is 12.2 Å². The first-order chi connectivity index (χ1) is 14.0.